The Morgan fingerprint density at radius 2 is 1.92 bits per heavy atom. The SMILES string of the molecule is COc1cc(C(=O)Nc2ccccc2N2CCC(O)CC2)ccc1C. The zero-order chi connectivity index (χ0) is 17.8. The van der Waals surface area contributed by atoms with Crippen LogP contribution in [0.4, 0.5) is 11.4 Å². The van der Waals surface area contributed by atoms with Crippen molar-refractivity contribution in [2.24, 2.45) is 0 Å². The van der Waals surface area contributed by atoms with Crippen molar-refractivity contribution in [3.05, 3.63) is 53.6 Å². The highest BCUT2D eigenvalue weighted by atomic mass is 16.5. The van der Waals surface area contributed by atoms with Gasteiger partial charge < -0.3 is 20.1 Å². The van der Waals surface area contributed by atoms with E-state index < -0.39 is 0 Å². The Morgan fingerprint density at radius 3 is 2.64 bits per heavy atom. The Labute approximate surface area is 148 Å². The number of methoxy groups -OCH3 is 1. The molecular formula is C20H24N2O3. The first-order valence-corrected chi connectivity index (χ1v) is 8.56. The van der Waals surface area contributed by atoms with Crippen LogP contribution in [0.15, 0.2) is 42.5 Å². The largest absolute Gasteiger partial charge is 0.496 e. The number of hydrogen-bond donors (Lipinski definition) is 2. The Hall–Kier alpha value is -2.53. The van der Waals surface area contributed by atoms with E-state index in [9.17, 15) is 9.90 Å². The molecule has 0 aliphatic carbocycles. The third-order valence-corrected chi connectivity index (χ3v) is 4.63. The van der Waals surface area contributed by atoms with Gasteiger partial charge in [-0.2, -0.15) is 0 Å². The fourth-order valence-corrected chi connectivity index (χ4v) is 3.12. The fourth-order valence-electron chi connectivity index (χ4n) is 3.12. The van der Waals surface area contributed by atoms with Gasteiger partial charge in [0.15, 0.2) is 0 Å². The summed E-state index contributed by atoms with van der Waals surface area (Å²) >= 11 is 0. The number of amides is 1. The molecule has 1 saturated heterocycles. The van der Waals surface area contributed by atoms with Gasteiger partial charge in [0.05, 0.1) is 24.6 Å². The summed E-state index contributed by atoms with van der Waals surface area (Å²) in [5.74, 6) is 0.536. The van der Waals surface area contributed by atoms with Crippen LogP contribution >= 0.6 is 0 Å². The number of hydrogen-bond acceptors (Lipinski definition) is 4. The van der Waals surface area contributed by atoms with Gasteiger partial charge in [0.1, 0.15) is 5.75 Å². The van der Waals surface area contributed by atoms with Crippen molar-refractivity contribution < 1.29 is 14.6 Å². The summed E-state index contributed by atoms with van der Waals surface area (Å²) < 4.78 is 5.30. The van der Waals surface area contributed by atoms with Gasteiger partial charge in [0, 0.05) is 18.7 Å². The molecule has 25 heavy (non-hydrogen) atoms. The quantitative estimate of drug-likeness (QED) is 0.897. The second kappa shape index (κ2) is 7.57. The molecule has 1 aliphatic heterocycles. The standard InChI is InChI=1S/C20H24N2O3/c1-14-7-8-15(13-19(14)25-2)20(24)21-17-5-3-4-6-18(17)22-11-9-16(23)10-12-22/h3-8,13,16,23H,9-12H2,1-2H3,(H,21,24). The van der Waals surface area contributed by atoms with E-state index in [1.807, 2.05) is 37.3 Å². The van der Waals surface area contributed by atoms with E-state index in [0.29, 0.717) is 11.3 Å². The van der Waals surface area contributed by atoms with Gasteiger partial charge in [0.2, 0.25) is 0 Å². The minimum atomic E-state index is -0.224. The molecule has 2 aromatic rings. The van der Waals surface area contributed by atoms with E-state index >= 15 is 0 Å². The van der Waals surface area contributed by atoms with E-state index in [0.717, 1.165) is 42.9 Å². The third kappa shape index (κ3) is 3.94. The number of carbonyl (C=O) groups excluding carboxylic acids is 1. The van der Waals surface area contributed by atoms with Crippen LogP contribution in [0.2, 0.25) is 0 Å². The molecule has 1 aliphatic rings. The predicted molar refractivity (Wildman–Crippen MR) is 99.6 cm³/mol. The Balaban J connectivity index is 1.80. The number of ether oxygens (including phenoxy) is 1. The Bertz CT molecular complexity index is 752. The fraction of sp³-hybridized carbons (Fsp3) is 0.350. The van der Waals surface area contributed by atoms with Crippen LogP contribution in [0.3, 0.4) is 0 Å². The van der Waals surface area contributed by atoms with Crippen LogP contribution in [-0.2, 0) is 0 Å². The molecule has 3 rings (SSSR count). The summed E-state index contributed by atoms with van der Waals surface area (Å²) in [6.45, 7) is 3.51. The van der Waals surface area contributed by atoms with Crippen molar-refractivity contribution >= 4 is 17.3 Å². The normalized spacial score (nSPS) is 15.1. The zero-order valence-corrected chi connectivity index (χ0v) is 14.7. The molecule has 1 fully saturated rings. The van der Waals surface area contributed by atoms with Crippen LogP contribution in [0, 0.1) is 6.92 Å². The number of piperidine rings is 1. The number of para-hydroxylation sites is 2. The molecule has 0 unspecified atom stereocenters. The summed E-state index contributed by atoms with van der Waals surface area (Å²) in [5.41, 5.74) is 3.32. The Morgan fingerprint density at radius 1 is 1.20 bits per heavy atom. The average Bonchev–Trinajstić information content (AvgIpc) is 2.63. The molecule has 132 valence electrons. The van der Waals surface area contributed by atoms with Crippen molar-refractivity contribution in [2.75, 3.05) is 30.4 Å². The number of nitrogens with one attached hydrogen (secondary N) is 1. The summed E-state index contributed by atoms with van der Waals surface area (Å²) in [6.07, 6.45) is 1.27. The minimum absolute atomic E-state index is 0.164. The summed E-state index contributed by atoms with van der Waals surface area (Å²) in [7, 11) is 1.60. The van der Waals surface area contributed by atoms with Gasteiger partial charge in [0.25, 0.3) is 5.91 Å². The van der Waals surface area contributed by atoms with Gasteiger partial charge >= 0.3 is 0 Å². The minimum Gasteiger partial charge on any atom is -0.496 e. The molecule has 5 nitrogen and oxygen atoms in total. The number of aliphatic hydroxyl groups is 1. The topological polar surface area (TPSA) is 61.8 Å². The number of carbonyl (C=O) groups is 1. The number of benzene rings is 2. The summed E-state index contributed by atoms with van der Waals surface area (Å²) in [6, 6.07) is 13.2. The molecule has 5 heteroatoms. The van der Waals surface area contributed by atoms with Crippen molar-refractivity contribution in [1.82, 2.24) is 0 Å². The van der Waals surface area contributed by atoms with E-state index in [-0.39, 0.29) is 12.0 Å². The maximum absolute atomic E-state index is 12.7. The van der Waals surface area contributed by atoms with Crippen LogP contribution in [0.25, 0.3) is 0 Å². The smallest absolute Gasteiger partial charge is 0.255 e. The second-order valence-electron chi connectivity index (χ2n) is 6.37. The number of rotatable bonds is 4. The predicted octanol–water partition coefficient (Wildman–Crippen LogP) is 3.22. The van der Waals surface area contributed by atoms with Crippen LogP contribution < -0.4 is 15.0 Å². The van der Waals surface area contributed by atoms with E-state index in [1.165, 1.54) is 0 Å². The Kier molecular flexibility index (Phi) is 5.24. The lowest BCUT2D eigenvalue weighted by molar-refractivity contribution is 0.102. The number of nitrogens with zero attached hydrogens (tertiary/aromatic N) is 1. The van der Waals surface area contributed by atoms with Crippen LogP contribution in [-0.4, -0.2) is 37.3 Å². The first-order valence-electron chi connectivity index (χ1n) is 8.56. The monoisotopic (exact) mass is 340 g/mol. The first kappa shape index (κ1) is 17.3. The van der Waals surface area contributed by atoms with Crippen molar-refractivity contribution in [3.63, 3.8) is 0 Å². The van der Waals surface area contributed by atoms with Gasteiger partial charge in [-0.1, -0.05) is 18.2 Å². The summed E-state index contributed by atoms with van der Waals surface area (Å²) in [5, 5.41) is 12.7. The highest BCUT2D eigenvalue weighted by molar-refractivity contribution is 6.06. The highest BCUT2D eigenvalue weighted by Crippen LogP contribution is 2.29. The van der Waals surface area contributed by atoms with Gasteiger partial charge in [-0.3, -0.25) is 4.79 Å². The maximum atomic E-state index is 12.7. The molecule has 2 aromatic carbocycles. The van der Waals surface area contributed by atoms with Crippen LogP contribution in [0.5, 0.6) is 5.75 Å². The third-order valence-electron chi connectivity index (χ3n) is 4.63. The zero-order valence-electron chi connectivity index (χ0n) is 14.7. The number of anilines is 2. The number of aliphatic hydroxyl groups excluding tert-OH is 1. The van der Waals surface area contributed by atoms with E-state index in [1.54, 1.807) is 19.2 Å². The average molecular weight is 340 g/mol. The van der Waals surface area contributed by atoms with Crippen LogP contribution in [0.1, 0.15) is 28.8 Å². The van der Waals surface area contributed by atoms with E-state index in [2.05, 4.69) is 10.2 Å². The summed E-state index contributed by atoms with van der Waals surface area (Å²) in [4.78, 5) is 14.9. The lowest BCUT2D eigenvalue weighted by atomic mass is 10.1. The first-order chi connectivity index (χ1) is 12.1. The molecule has 0 spiro atoms. The highest BCUT2D eigenvalue weighted by Gasteiger charge is 2.20. The molecule has 0 bridgehead atoms. The van der Waals surface area contributed by atoms with Crippen molar-refractivity contribution in [2.45, 2.75) is 25.9 Å². The number of aryl methyl sites for hydroxylation is 1. The van der Waals surface area contributed by atoms with Gasteiger partial charge in [-0.05, 0) is 49.6 Å². The maximum Gasteiger partial charge on any atom is 0.255 e. The van der Waals surface area contributed by atoms with Gasteiger partial charge in [-0.15, -0.1) is 0 Å². The molecule has 0 radical (unpaired) electrons. The molecule has 1 heterocycles. The second-order valence-corrected chi connectivity index (χ2v) is 6.37. The molecule has 0 aromatic heterocycles. The molecule has 0 saturated carbocycles. The van der Waals surface area contributed by atoms with Gasteiger partial charge in [-0.25, -0.2) is 0 Å². The molecular weight excluding hydrogens is 316 g/mol. The van der Waals surface area contributed by atoms with Crippen molar-refractivity contribution in [3.8, 4) is 5.75 Å². The lowest BCUT2D eigenvalue weighted by Crippen LogP contribution is -2.36. The lowest BCUT2D eigenvalue weighted by Gasteiger charge is -2.32. The van der Waals surface area contributed by atoms with Crippen molar-refractivity contribution in [1.29, 1.82) is 0 Å². The molecule has 1 amide bonds. The molecule has 0 atom stereocenters. The molecule has 2 N–H and O–H groups in total. The van der Waals surface area contributed by atoms with E-state index in [4.69, 9.17) is 4.74 Å².